The van der Waals surface area contributed by atoms with Crippen LogP contribution < -0.4 is 0 Å². The average molecular weight is 231 g/mol. The minimum absolute atomic E-state index is 0.121. The van der Waals surface area contributed by atoms with Crippen LogP contribution in [0.5, 0.6) is 0 Å². The van der Waals surface area contributed by atoms with Crippen LogP contribution in [0.2, 0.25) is 0 Å². The second-order valence-electron chi connectivity index (χ2n) is 2.93. The number of thioether (sulfide) groups is 1. The fraction of sp³-hybridized carbons (Fsp3) is 0.300. The van der Waals surface area contributed by atoms with Crippen molar-refractivity contribution in [3.63, 3.8) is 0 Å². The number of rotatable bonds is 2. The molecule has 0 N–H and O–H groups in total. The van der Waals surface area contributed by atoms with E-state index < -0.39 is 11.6 Å². The first-order chi connectivity index (χ1) is 6.92. The predicted molar refractivity (Wildman–Crippen MR) is 53.4 cm³/mol. The summed E-state index contributed by atoms with van der Waals surface area (Å²) in [6.45, 7) is 8.45. The van der Waals surface area contributed by atoms with E-state index in [1.165, 1.54) is 18.2 Å². The maximum absolute atomic E-state index is 12.1. The van der Waals surface area contributed by atoms with Crippen molar-refractivity contribution in [1.29, 1.82) is 0 Å². The Morgan fingerprint density at radius 3 is 2.60 bits per heavy atom. The number of benzene rings is 1. The molecule has 0 heterocycles. The summed E-state index contributed by atoms with van der Waals surface area (Å²) in [7, 11) is 0. The van der Waals surface area contributed by atoms with Gasteiger partial charge in [0.05, 0.1) is 0 Å². The monoisotopic (exact) mass is 231 g/mol. The summed E-state index contributed by atoms with van der Waals surface area (Å²) in [4.78, 5) is 3.38. The Hall–Kier alpha value is -1.15. The lowest BCUT2D eigenvalue weighted by molar-refractivity contribution is -0.0328. The van der Waals surface area contributed by atoms with Gasteiger partial charge in [-0.3, -0.25) is 0 Å². The van der Waals surface area contributed by atoms with Gasteiger partial charge in [-0.15, -0.1) is 0 Å². The second-order valence-corrected chi connectivity index (χ2v) is 4.06. The van der Waals surface area contributed by atoms with Crippen molar-refractivity contribution in [2.24, 2.45) is 0 Å². The molecule has 0 saturated heterocycles. The Kier molecular flexibility index (Phi) is 3.64. The molecule has 1 aromatic rings. The third kappa shape index (κ3) is 3.84. The summed E-state index contributed by atoms with van der Waals surface area (Å²) in [5.41, 5.74) is -3.67. The molecule has 0 radical (unpaired) electrons. The van der Waals surface area contributed by atoms with Crippen molar-refractivity contribution in [2.75, 3.05) is 0 Å². The quantitative estimate of drug-likeness (QED) is 0.543. The van der Waals surface area contributed by atoms with Crippen LogP contribution in [0.4, 0.5) is 13.2 Å². The fourth-order valence-electron chi connectivity index (χ4n) is 1.05. The molecular weight excluding hydrogens is 223 g/mol. The van der Waals surface area contributed by atoms with E-state index in [0.29, 0.717) is 5.56 Å². The van der Waals surface area contributed by atoms with E-state index >= 15 is 0 Å². The van der Waals surface area contributed by atoms with Gasteiger partial charge in [-0.2, -0.15) is 13.2 Å². The van der Waals surface area contributed by atoms with Crippen molar-refractivity contribution in [3.8, 4) is 0 Å². The zero-order valence-corrected chi connectivity index (χ0v) is 8.69. The highest BCUT2D eigenvalue weighted by Gasteiger charge is 2.29. The van der Waals surface area contributed by atoms with Crippen molar-refractivity contribution < 1.29 is 13.2 Å². The number of hydrogen-bond acceptors (Lipinski definition) is 1. The van der Waals surface area contributed by atoms with Crippen LogP contribution >= 0.6 is 11.8 Å². The molecule has 0 saturated carbocycles. The summed E-state index contributed by atoms with van der Waals surface area (Å²) in [6.07, 6.45) is 0. The number of alkyl halides is 3. The van der Waals surface area contributed by atoms with Crippen molar-refractivity contribution >= 4 is 11.8 Å². The van der Waals surface area contributed by atoms with Gasteiger partial charge in [-0.25, -0.2) is 6.57 Å². The lowest BCUT2D eigenvalue weighted by Crippen LogP contribution is -1.99. The van der Waals surface area contributed by atoms with Gasteiger partial charge in [0.25, 0.3) is 0 Å². The molecule has 0 aliphatic rings. The Labute approximate surface area is 90.1 Å². The standard InChI is InChI=1S/C10H8F3NS/c1-7(14-2)8-4-3-5-9(6-8)15-10(11,12)13/h3-7H,1H3. The number of halogens is 3. The third-order valence-electron chi connectivity index (χ3n) is 1.77. The summed E-state index contributed by atoms with van der Waals surface area (Å²) in [5, 5.41) is 0. The molecule has 80 valence electrons. The third-order valence-corrected chi connectivity index (χ3v) is 2.49. The Morgan fingerprint density at radius 2 is 2.07 bits per heavy atom. The zero-order chi connectivity index (χ0) is 11.5. The molecule has 15 heavy (non-hydrogen) atoms. The molecule has 0 aromatic heterocycles. The maximum Gasteiger partial charge on any atom is 0.446 e. The van der Waals surface area contributed by atoms with Crippen LogP contribution in [0, 0.1) is 6.57 Å². The van der Waals surface area contributed by atoms with Crippen LogP contribution in [0.15, 0.2) is 29.2 Å². The van der Waals surface area contributed by atoms with E-state index in [1.54, 1.807) is 13.0 Å². The van der Waals surface area contributed by atoms with Gasteiger partial charge in [0.1, 0.15) is 0 Å². The molecule has 1 rings (SSSR count). The first-order valence-corrected chi connectivity index (χ1v) is 4.96. The Morgan fingerprint density at radius 1 is 1.40 bits per heavy atom. The minimum Gasteiger partial charge on any atom is -0.309 e. The van der Waals surface area contributed by atoms with Crippen molar-refractivity contribution in [1.82, 2.24) is 0 Å². The fourth-order valence-corrected chi connectivity index (χ4v) is 1.65. The van der Waals surface area contributed by atoms with E-state index in [4.69, 9.17) is 6.57 Å². The largest absolute Gasteiger partial charge is 0.446 e. The summed E-state index contributed by atoms with van der Waals surface area (Å²) < 4.78 is 36.2. The Bertz CT molecular complexity index is 381. The van der Waals surface area contributed by atoms with E-state index in [1.807, 2.05) is 0 Å². The average Bonchev–Trinajstić information content (AvgIpc) is 2.14. The molecule has 0 spiro atoms. The van der Waals surface area contributed by atoms with Gasteiger partial charge in [0.2, 0.25) is 6.04 Å². The molecule has 0 bridgehead atoms. The summed E-state index contributed by atoms with van der Waals surface area (Å²) in [6, 6.07) is 5.58. The van der Waals surface area contributed by atoms with E-state index in [2.05, 4.69) is 4.85 Å². The van der Waals surface area contributed by atoms with Crippen LogP contribution in [0.25, 0.3) is 4.85 Å². The molecule has 1 atom stereocenters. The molecule has 1 unspecified atom stereocenters. The van der Waals surface area contributed by atoms with E-state index in [0.717, 1.165) is 0 Å². The van der Waals surface area contributed by atoms with E-state index in [9.17, 15) is 13.2 Å². The highest BCUT2D eigenvalue weighted by molar-refractivity contribution is 8.00. The molecular formula is C10H8F3NS. The van der Waals surface area contributed by atoms with Crippen LogP contribution in [0.1, 0.15) is 18.5 Å². The van der Waals surface area contributed by atoms with Gasteiger partial charge in [0.15, 0.2) is 0 Å². The van der Waals surface area contributed by atoms with Gasteiger partial charge in [0, 0.05) is 17.4 Å². The zero-order valence-electron chi connectivity index (χ0n) is 7.88. The van der Waals surface area contributed by atoms with Gasteiger partial charge < -0.3 is 4.85 Å². The Balaban J connectivity index is 2.89. The van der Waals surface area contributed by atoms with Gasteiger partial charge >= 0.3 is 5.51 Å². The SMILES string of the molecule is [C-]#[N+]C(C)c1cccc(SC(F)(F)F)c1. The maximum atomic E-state index is 12.1. The first-order valence-electron chi connectivity index (χ1n) is 4.14. The number of nitrogens with zero attached hydrogens (tertiary/aromatic N) is 1. The van der Waals surface area contributed by atoms with Gasteiger partial charge in [-0.05, 0) is 23.9 Å². The molecule has 0 amide bonds. The summed E-state index contributed by atoms with van der Waals surface area (Å²) in [5.74, 6) is 0. The van der Waals surface area contributed by atoms with Gasteiger partial charge in [-0.1, -0.05) is 12.1 Å². The topological polar surface area (TPSA) is 4.36 Å². The normalized spacial score (nSPS) is 13.3. The molecule has 1 aromatic carbocycles. The molecule has 0 aliphatic carbocycles. The highest BCUT2D eigenvalue weighted by atomic mass is 32.2. The smallest absolute Gasteiger partial charge is 0.309 e. The van der Waals surface area contributed by atoms with E-state index in [-0.39, 0.29) is 16.7 Å². The molecule has 0 aliphatic heterocycles. The summed E-state index contributed by atoms with van der Waals surface area (Å²) >= 11 is -0.160. The molecule has 1 nitrogen and oxygen atoms in total. The second kappa shape index (κ2) is 4.58. The van der Waals surface area contributed by atoms with Crippen LogP contribution in [-0.4, -0.2) is 5.51 Å². The number of hydrogen-bond donors (Lipinski definition) is 0. The molecule has 5 heteroatoms. The van der Waals surface area contributed by atoms with Crippen molar-refractivity contribution in [2.45, 2.75) is 23.4 Å². The van der Waals surface area contributed by atoms with Crippen LogP contribution in [0.3, 0.4) is 0 Å². The highest BCUT2D eigenvalue weighted by Crippen LogP contribution is 2.37. The lowest BCUT2D eigenvalue weighted by atomic mass is 10.1. The minimum atomic E-state index is -4.28. The predicted octanol–water partition coefficient (Wildman–Crippen LogP) is 4.28. The molecule has 0 fully saturated rings. The van der Waals surface area contributed by atoms with Crippen molar-refractivity contribution in [3.05, 3.63) is 41.2 Å². The first kappa shape index (κ1) is 11.9. The lowest BCUT2D eigenvalue weighted by Gasteiger charge is -2.06. The van der Waals surface area contributed by atoms with Crippen LogP contribution in [-0.2, 0) is 0 Å².